The Morgan fingerprint density at radius 1 is 1.23 bits per heavy atom. The molecule has 2 N–H and O–H groups in total. The fourth-order valence-electron chi connectivity index (χ4n) is 2.68. The van der Waals surface area contributed by atoms with Crippen LogP contribution in [0.4, 0.5) is 4.79 Å². The number of guanidine groups is 1. The lowest BCUT2D eigenvalue weighted by Crippen LogP contribution is -2.41. The van der Waals surface area contributed by atoms with Gasteiger partial charge in [-0.1, -0.05) is 0 Å². The minimum Gasteiger partial charge on any atom is -0.444 e. The van der Waals surface area contributed by atoms with Crippen LogP contribution >= 0.6 is 0 Å². The second-order valence-electron chi connectivity index (χ2n) is 7.42. The van der Waals surface area contributed by atoms with E-state index in [1.165, 1.54) is 0 Å². The molecule has 1 saturated heterocycles. The van der Waals surface area contributed by atoms with E-state index >= 15 is 0 Å². The molecule has 0 aliphatic carbocycles. The summed E-state index contributed by atoms with van der Waals surface area (Å²) in [7, 11) is 3.48. The van der Waals surface area contributed by atoms with Gasteiger partial charge in [-0.3, -0.25) is 4.99 Å². The first kappa shape index (κ1) is 22.5. The average Bonchev–Trinajstić information content (AvgIpc) is 3.02. The van der Waals surface area contributed by atoms with Gasteiger partial charge in [-0.05, 0) is 33.6 Å². The van der Waals surface area contributed by atoms with Crippen LogP contribution in [0.3, 0.4) is 0 Å². The molecule has 0 bridgehead atoms. The lowest BCUT2D eigenvalue weighted by atomic mass is 10.1. The summed E-state index contributed by atoms with van der Waals surface area (Å²) < 4.78 is 15.8. The van der Waals surface area contributed by atoms with E-state index in [1.54, 1.807) is 14.2 Å². The predicted molar refractivity (Wildman–Crippen MR) is 103 cm³/mol. The van der Waals surface area contributed by atoms with Crippen LogP contribution in [0.2, 0.25) is 0 Å². The van der Waals surface area contributed by atoms with Crippen molar-refractivity contribution >= 4 is 12.1 Å². The number of carbonyl (C=O) groups is 1. The zero-order valence-corrected chi connectivity index (χ0v) is 17.0. The first-order valence-electron chi connectivity index (χ1n) is 9.35. The average molecular weight is 373 g/mol. The molecule has 1 atom stereocenters. The topological polar surface area (TPSA) is 84.4 Å². The summed E-state index contributed by atoms with van der Waals surface area (Å²) in [6.07, 6.45) is 1.53. The second kappa shape index (κ2) is 12.0. The summed E-state index contributed by atoms with van der Waals surface area (Å²) >= 11 is 0. The van der Waals surface area contributed by atoms with Crippen molar-refractivity contribution in [3.05, 3.63) is 0 Å². The van der Waals surface area contributed by atoms with Crippen LogP contribution in [0.1, 0.15) is 33.6 Å². The molecule has 26 heavy (non-hydrogen) atoms. The van der Waals surface area contributed by atoms with Crippen molar-refractivity contribution in [2.24, 2.45) is 10.9 Å². The molecule has 8 heteroatoms. The summed E-state index contributed by atoms with van der Waals surface area (Å²) in [5.41, 5.74) is -0.468. The molecule has 0 saturated carbocycles. The number of hydrogen-bond acceptors (Lipinski definition) is 5. The van der Waals surface area contributed by atoms with E-state index < -0.39 is 5.60 Å². The molecule has 0 aromatic heterocycles. The van der Waals surface area contributed by atoms with Gasteiger partial charge in [0.15, 0.2) is 5.96 Å². The first-order valence-corrected chi connectivity index (χ1v) is 9.35. The number of aliphatic imine (C=N–C) groups is 1. The van der Waals surface area contributed by atoms with Gasteiger partial charge in [-0.25, -0.2) is 4.79 Å². The lowest BCUT2D eigenvalue weighted by Gasteiger charge is -2.22. The summed E-state index contributed by atoms with van der Waals surface area (Å²) in [6, 6.07) is 0. The first-order chi connectivity index (χ1) is 12.4. The molecule has 8 nitrogen and oxygen atoms in total. The molecule has 1 aliphatic heterocycles. The molecule has 0 aromatic rings. The normalized spacial score (nSPS) is 18.1. The Balaban J connectivity index is 2.16. The highest BCUT2D eigenvalue weighted by atomic mass is 16.6. The number of nitrogens with one attached hydrogen (secondary N) is 2. The molecule has 152 valence electrons. The minimum absolute atomic E-state index is 0.377. The number of rotatable bonds is 9. The zero-order chi connectivity index (χ0) is 19.4. The SMILES string of the molecule is CN=C(NCCCNC(=O)OC(C)(C)C)N1CCC(COCCOC)C1. The molecular weight excluding hydrogens is 336 g/mol. The Kier molecular flexibility index (Phi) is 10.3. The summed E-state index contributed by atoms with van der Waals surface area (Å²) in [6.45, 7) is 10.8. The van der Waals surface area contributed by atoms with Gasteiger partial charge in [0.25, 0.3) is 0 Å². The van der Waals surface area contributed by atoms with Crippen molar-refractivity contribution in [2.45, 2.75) is 39.2 Å². The molecule has 1 amide bonds. The van der Waals surface area contributed by atoms with E-state index in [1.807, 2.05) is 20.8 Å². The maximum Gasteiger partial charge on any atom is 0.407 e. The van der Waals surface area contributed by atoms with Crippen molar-refractivity contribution in [1.29, 1.82) is 0 Å². The fraction of sp³-hybridized carbons (Fsp3) is 0.889. The fourth-order valence-corrected chi connectivity index (χ4v) is 2.68. The van der Waals surface area contributed by atoms with Gasteiger partial charge >= 0.3 is 6.09 Å². The largest absolute Gasteiger partial charge is 0.444 e. The molecule has 1 unspecified atom stereocenters. The standard InChI is InChI=1S/C18H36N4O4/c1-18(2,3)26-17(23)21-9-6-8-20-16(19-4)22-10-7-15(13-22)14-25-12-11-24-5/h15H,6-14H2,1-5H3,(H,19,20)(H,21,23). The van der Waals surface area contributed by atoms with E-state index in [0.29, 0.717) is 25.7 Å². The number of likely N-dealkylation sites (tertiary alicyclic amines) is 1. The number of ether oxygens (including phenoxy) is 3. The molecule has 1 fully saturated rings. The van der Waals surface area contributed by atoms with E-state index in [2.05, 4.69) is 20.5 Å². The van der Waals surface area contributed by atoms with E-state index in [-0.39, 0.29) is 6.09 Å². The van der Waals surface area contributed by atoms with Crippen LogP contribution in [0.25, 0.3) is 0 Å². The van der Waals surface area contributed by atoms with Crippen LogP contribution in [-0.2, 0) is 14.2 Å². The monoisotopic (exact) mass is 372 g/mol. The maximum atomic E-state index is 11.6. The number of nitrogens with zero attached hydrogens (tertiary/aromatic N) is 2. The lowest BCUT2D eigenvalue weighted by molar-refractivity contribution is 0.0527. The van der Waals surface area contributed by atoms with Crippen molar-refractivity contribution < 1.29 is 19.0 Å². The second-order valence-corrected chi connectivity index (χ2v) is 7.42. The summed E-state index contributed by atoms with van der Waals surface area (Å²) in [4.78, 5) is 18.2. The predicted octanol–water partition coefficient (Wildman–Crippen LogP) is 1.46. The van der Waals surface area contributed by atoms with E-state index in [4.69, 9.17) is 14.2 Å². The van der Waals surface area contributed by atoms with E-state index in [9.17, 15) is 4.79 Å². The van der Waals surface area contributed by atoms with Crippen LogP contribution in [-0.4, -0.2) is 82.7 Å². The van der Waals surface area contributed by atoms with Gasteiger partial charge in [0.05, 0.1) is 19.8 Å². The van der Waals surface area contributed by atoms with Gasteiger partial charge in [0.1, 0.15) is 5.60 Å². The highest BCUT2D eigenvalue weighted by Gasteiger charge is 2.24. The Labute approximate surface area is 157 Å². The Morgan fingerprint density at radius 3 is 2.62 bits per heavy atom. The van der Waals surface area contributed by atoms with Gasteiger partial charge in [0, 0.05) is 46.3 Å². The van der Waals surface area contributed by atoms with Crippen molar-refractivity contribution in [3.63, 3.8) is 0 Å². The van der Waals surface area contributed by atoms with Crippen molar-refractivity contribution in [2.75, 3.05) is 60.2 Å². The van der Waals surface area contributed by atoms with Crippen LogP contribution in [0, 0.1) is 5.92 Å². The highest BCUT2D eigenvalue weighted by molar-refractivity contribution is 5.80. The maximum absolute atomic E-state index is 11.6. The third-order valence-electron chi connectivity index (χ3n) is 3.89. The third kappa shape index (κ3) is 9.82. The van der Waals surface area contributed by atoms with Crippen LogP contribution in [0.5, 0.6) is 0 Å². The molecular formula is C18H36N4O4. The van der Waals surface area contributed by atoms with Crippen LogP contribution < -0.4 is 10.6 Å². The highest BCUT2D eigenvalue weighted by Crippen LogP contribution is 2.16. The van der Waals surface area contributed by atoms with Gasteiger partial charge in [-0.15, -0.1) is 0 Å². The van der Waals surface area contributed by atoms with Gasteiger partial charge in [0.2, 0.25) is 0 Å². The van der Waals surface area contributed by atoms with Crippen molar-refractivity contribution in [3.8, 4) is 0 Å². The molecule has 1 aliphatic rings. The number of hydrogen-bond donors (Lipinski definition) is 2. The molecule has 0 aromatic carbocycles. The molecule has 0 spiro atoms. The quantitative estimate of drug-likeness (QED) is 0.362. The molecule has 1 rings (SSSR count). The molecule has 1 heterocycles. The smallest absolute Gasteiger partial charge is 0.407 e. The number of amides is 1. The number of methoxy groups -OCH3 is 1. The minimum atomic E-state index is -0.468. The number of alkyl carbamates (subject to hydrolysis) is 1. The van der Waals surface area contributed by atoms with Crippen LogP contribution in [0.15, 0.2) is 4.99 Å². The van der Waals surface area contributed by atoms with E-state index in [0.717, 1.165) is 45.0 Å². The van der Waals surface area contributed by atoms with Gasteiger partial charge < -0.3 is 29.7 Å². The van der Waals surface area contributed by atoms with Gasteiger partial charge in [-0.2, -0.15) is 0 Å². The molecule has 0 radical (unpaired) electrons. The van der Waals surface area contributed by atoms with Crippen molar-refractivity contribution in [1.82, 2.24) is 15.5 Å². The Hall–Kier alpha value is -1.54. The summed E-state index contributed by atoms with van der Waals surface area (Å²) in [5.74, 6) is 1.43. The number of carbonyl (C=O) groups excluding carboxylic acids is 1. The Bertz CT molecular complexity index is 437. The zero-order valence-electron chi connectivity index (χ0n) is 17.0. The summed E-state index contributed by atoms with van der Waals surface area (Å²) in [5, 5.41) is 6.11. The third-order valence-corrected chi connectivity index (χ3v) is 3.89. The Morgan fingerprint density at radius 2 is 1.96 bits per heavy atom.